The molecule has 0 fully saturated rings. The van der Waals surface area contributed by atoms with Crippen LogP contribution in [-0.2, 0) is 9.84 Å². The van der Waals surface area contributed by atoms with Gasteiger partial charge in [0.15, 0.2) is 9.84 Å². The van der Waals surface area contributed by atoms with Gasteiger partial charge in [-0.3, -0.25) is 9.78 Å². The molecule has 0 spiro atoms. The number of sulfone groups is 1. The van der Waals surface area contributed by atoms with Gasteiger partial charge in [0.25, 0.3) is 5.91 Å². The van der Waals surface area contributed by atoms with E-state index < -0.39 is 15.7 Å². The maximum absolute atomic E-state index is 12.3. The lowest BCUT2D eigenvalue weighted by atomic mass is 10.1. The summed E-state index contributed by atoms with van der Waals surface area (Å²) in [6, 6.07) is 10.5. The van der Waals surface area contributed by atoms with Gasteiger partial charge in [-0.1, -0.05) is 18.2 Å². The van der Waals surface area contributed by atoms with Gasteiger partial charge in [-0.2, -0.15) is 0 Å². The predicted octanol–water partition coefficient (Wildman–Crippen LogP) is 2.80. The van der Waals surface area contributed by atoms with Crippen LogP contribution in [0.25, 0.3) is 10.9 Å². The monoisotopic (exact) mass is 385 g/mol. The normalized spacial score (nSPS) is 11.4. The van der Waals surface area contributed by atoms with Crippen LogP contribution >= 0.6 is 0 Å². The predicted molar refractivity (Wildman–Crippen MR) is 104 cm³/mol. The minimum absolute atomic E-state index is 0.129. The molecule has 0 atom stereocenters. The molecule has 3 rings (SSSR count). The molecule has 140 valence electrons. The number of anilines is 2. The molecule has 0 saturated heterocycles. The van der Waals surface area contributed by atoms with Crippen molar-refractivity contribution < 1.29 is 17.9 Å². The van der Waals surface area contributed by atoms with Crippen LogP contribution in [0, 0.1) is 6.92 Å². The molecule has 1 amide bonds. The van der Waals surface area contributed by atoms with Crippen molar-refractivity contribution in [1.82, 2.24) is 4.98 Å². The first-order chi connectivity index (χ1) is 12.7. The number of aromatic nitrogens is 1. The van der Waals surface area contributed by atoms with Crippen LogP contribution < -0.4 is 15.8 Å². The van der Waals surface area contributed by atoms with Crippen molar-refractivity contribution in [3.8, 4) is 5.75 Å². The first-order valence-corrected chi connectivity index (χ1v) is 9.94. The molecule has 7 nitrogen and oxygen atoms in total. The molecule has 27 heavy (non-hydrogen) atoms. The van der Waals surface area contributed by atoms with Crippen LogP contribution in [0.2, 0.25) is 0 Å². The molecule has 0 aliphatic heterocycles. The standard InChI is InChI=1S/C19H19N3O4S/c1-11-7-8-14-16(22-12-5-4-6-13(9-12)26-2)15(19(20)23)10-21-17(14)18(11)27(3,24)25/h4-10H,1-3H3,(H2,20,23)(H,21,22). The number of benzene rings is 2. The van der Waals surface area contributed by atoms with Crippen molar-refractivity contribution >= 4 is 38.0 Å². The second-order valence-electron chi connectivity index (χ2n) is 6.15. The van der Waals surface area contributed by atoms with Crippen molar-refractivity contribution in [3.05, 3.63) is 53.7 Å². The van der Waals surface area contributed by atoms with E-state index in [4.69, 9.17) is 10.5 Å². The van der Waals surface area contributed by atoms with E-state index in [0.29, 0.717) is 28.1 Å². The average Bonchev–Trinajstić information content (AvgIpc) is 2.60. The van der Waals surface area contributed by atoms with Gasteiger partial charge in [0.1, 0.15) is 5.75 Å². The van der Waals surface area contributed by atoms with Gasteiger partial charge in [0.05, 0.1) is 28.8 Å². The first kappa shape index (κ1) is 18.7. The van der Waals surface area contributed by atoms with Crippen LogP contribution in [0.1, 0.15) is 15.9 Å². The van der Waals surface area contributed by atoms with Crippen molar-refractivity contribution in [2.75, 3.05) is 18.7 Å². The third-order valence-electron chi connectivity index (χ3n) is 4.17. The molecule has 0 radical (unpaired) electrons. The number of hydrogen-bond donors (Lipinski definition) is 2. The largest absolute Gasteiger partial charge is 0.497 e. The number of nitrogens with one attached hydrogen (secondary N) is 1. The molecule has 8 heteroatoms. The van der Waals surface area contributed by atoms with E-state index in [1.165, 1.54) is 6.20 Å². The summed E-state index contributed by atoms with van der Waals surface area (Å²) in [4.78, 5) is 16.3. The first-order valence-electron chi connectivity index (χ1n) is 8.05. The third kappa shape index (κ3) is 3.56. The van der Waals surface area contributed by atoms with E-state index in [1.54, 1.807) is 50.4 Å². The van der Waals surface area contributed by atoms with Gasteiger partial charge >= 0.3 is 0 Å². The second kappa shape index (κ2) is 6.88. The third-order valence-corrected chi connectivity index (χ3v) is 5.42. The van der Waals surface area contributed by atoms with Gasteiger partial charge in [-0.05, 0) is 24.6 Å². The highest BCUT2D eigenvalue weighted by Gasteiger charge is 2.21. The van der Waals surface area contributed by atoms with Crippen LogP contribution in [0.4, 0.5) is 11.4 Å². The number of aryl methyl sites for hydroxylation is 1. The fourth-order valence-corrected chi connectivity index (χ4v) is 4.14. The zero-order valence-electron chi connectivity index (χ0n) is 15.1. The number of amides is 1. The Labute approximate surface area is 157 Å². The van der Waals surface area contributed by atoms with Gasteiger partial charge in [-0.15, -0.1) is 0 Å². The van der Waals surface area contributed by atoms with Crippen LogP contribution in [-0.4, -0.2) is 32.7 Å². The van der Waals surface area contributed by atoms with Crippen molar-refractivity contribution in [2.24, 2.45) is 5.73 Å². The topological polar surface area (TPSA) is 111 Å². The molecule has 0 bridgehead atoms. The number of fused-ring (bicyclic) bond motifs is 1. The smallest absolute Gasteiger partial charge is 0.252 e. The minimum atomic E-state index is -3.52. The number of carbonyl (C=O) groups excluding carboxylic acids is 1. The van der Waals surface area contributed by atoms with Crippen LogP contribution in [0.15, 0.2) is 47.5 Å². The maximum Gasteiger partial charge on any atom is 0.252 e. The number of hydrogen-bond acceptors (Lipinski definition) is 6. The lowest BCUT2D eigenvalue weighted by Gasteiger charge is -2.16. The number of carbonyl (C=O) groups is 1. The van der Waals surface area contributed by atoms with Crippen molar-refractivity contribution in [1.29, 1.82) is 0 Å². The summed E-state index contributed by atoms with van der Waals surface area (Å²) >= 11 is 0. The van der Waals surface area contributed by atoms with Crippen molar-refractivity contribution in [2.45, 2.75) is 11.8 Å². The molecular weight excluding hydrogens is 366 g/mol. The Balaban J connectivity index is 2.31. The number of nitrogens with zero attached hydrogens (tertiary/aromatic N) is 1. The molecule has 1 heterocycles. The number of rotatable bonds is 5. The van der Waals surface area contributed by atoms with E-state index in [-0.39, 0.29) is 16.0 Å². The number of ether oxygens (including phenoxy) is 1. The quantitative estimate of drug-likeness (QED) is 0.698. The summed E-state index contributed by atoms with van der Waals surface area (Å²) in [5, 5.41) is 3.64. The zero-order valence-corrected chi connectivity index (χ0v) is 15.9. The highest BCUT2D eigenvalue weighted by atomic mass is 32.2. The van der Waals surface area contributed by atoms with Crippen molar-refractivity contribution in [3.63, 3.8) is 0 Å². The highest BCUT2D eigenvalue weighted by molar-refractivity contribution is 7.91. The molecule has 3 aromatic rings. The van der Waals surface area contributed by atoms with E-state index in [1.807, 2.05) is 0 Å². The van der Waals surface area contributed by atoms with Crippen LogP contribution in [0.5, 0.6) is 5.75 Å². The Morgan fingerprint density at radius 3 is 2.59 bits per heavy atom. The van der Waals surface area contributed by atoms with Gasteiger partial charge in [-0.25, -0.2) is 8.42 Å². The summed E-state index contributed by atoms with van der Waals surface area (Å²) in [6.07, 6.45) is 2.43. The Bertz CT molecular complexity index is 1160. The van der Waals surface area contributed by atoms with E-state index in [2.05, 4.69) is 10.3 Å². The van der Waals surface area contributed by atoms with Gasteiger partial charge < -0.3 is 15.8 Å². The molecule has 0 saturated carbocycles. The molecule has 2 aromatic carbocycles. The fraction of sp³-hybridized carbons (Fsp3) is 0.158. The molecule has 0 aliphatic carbocycles. The average molecular weight is 385 g/mol. The molecule has 1 aromatic heterocycles. The van der Waals surface area contributed by atoms with Gasteiger partial charge in [0, 0.05) is 29.6 Å². The lowest BCUT2D eigenvalue weighted by molar-refractivity contribution is 0.100. The molecule has 0 unspecified atom stereocenters. The Morgan fingerprint density at radius 2 is 1.96 bits per heavy atom. The number of primary amides is 1. The van der Waals surface area contributed by atoms with E-state index >= 15 is 0 Å². The fourth-order valence-electron chi connectivity index (χ4n) is 2.98. The van der Waals surface area contributed by atoms with E-state index in [9.17, 15) is 13.2 Å². The Hall–Kier alpha value is -3.13. The number of pyridine rings is 1. The molecule has 3 N–H and O–H groups in total. The van der Waals surface area contributed by atoms with Gasteiger partial charge in [0.2, 0.25) is 0 Å². The molecule has 0 aliphatic rings. The SMILES string of the molecule is COc1cccc(Nc2c(C(N)=O)cnc3c(S(C)(=O)=O)c(C)ccc23)c1. The lowest BCUT2D eigenvalue weighted by Crippen LogP contribution is -2.15. The Morgan fingerprint density at radius 1 is 1.22 bits per heavy atom. The number of methoxy groups -OCH3 is 1. The summed E-state index contributed by atoms with van der Waals surface area (Å²) < 4.78 is 29.8. The summed E-state index contributed by atoms with van der Waals surface area (Å²) in [7, 11) is -1.97. The maximum atomic E-state index is 12.3. The minimum Gasteiger partial charge on any atom is -0.497 e. The summed E-state index contributed by atoms with van der Waals surface area (Å²) in [6.45, 7) is 1.70. The second-order valence-corrected chi connectivity index (χ2v) is 8.10. The highest BCUT2D eigenvalue weighted by Crippen LogP contribution is 2.34. The molecular formula is C19H19N3O4S. The van der Waals surface area contributed by atoms with Crippen LogP contribution in [0.3, 0.4) is 0 Å². The summed E-state index contributed by atoms with van der Waals surface area (Å²) in [5.74, 6) is -0.0390. The zero-order chi connectivity index (χ0) is 19.8. The summed E-state index contributed by atoms with van der Waals surface area (Å²) in [5.41, 5.74) is 7.59. The van der Waals surface area contributed by atoms with E-state index in [0.717, 1.165) is 6.26 Å². The number of nitrogens with two attached hydrogens (primary N) is 1. The Kier molecular flexibility index (Phi) is 4.75.